The van der Waals surface area contributed by atoms with E-state index in [1.165, 1.54) is 11.1 Å². The summed E-state index contributed by atoms with van der Waals surface area (Å²) in [6.07, 6.45) is 0.948. The third-order valence-corrected chi connectivity index (χ3v) is 2.97. The molecule has 2 unspecified atom stereocenters. The first kappa shape index (κ1) is 10.2. The SMILES string of the molecule is CCOC(=O)C1CC1c1ccccc1C. The van der Waals surface area contributed by atoms with Crippen LogP contribution in [0.3, 0.4) is 0 Å². The van der Waals surface area contributed by atoms with Crippen molar-refractivity contribution in [1.82, 2.24) is 0 Å². The highest BCUT2D eigenvalue weighted by atomic mass is 16.5. The molecule has 0 N–H and O–H groups in total. The van der Waals surface area contributed by atoms with Gasteiger partial charge >= 0.3 is 5.97 Å². The third-order valence-electron chi connectivity index (χ3n) is 2.97. The van der Waals surface area contributed by atoms with Gasteiger partial charge in [-0.25, -0.2) is 0 Å². The number of carbonyl (C=O) groups is 1. The Kier molecular flexibility index (Phi) is 2.76. The summed E-state index contributed by atoms with van der Waals surface area (Å²) in [4.78, 5) is 11.5. The maximum absolute atomic E-state index is 11.5. The van der Waals surface area contributed by atoms with E-state index in [-0.39, 0.29) is 11.9 Å². The predicted octanol–water partition coefficient (Wildman–Crippen LogP) is 2.66. The summed E-state index contributed by atoms with van der Waals surface area (Å²) in [6.45, 7) is 4.43. The Balaban J connectivity index is 2.05. The first-order valence-electron chi connectivity index (χ1n) is 5.46. The highest BCUT2D eigenvalue weighted by molar-refractivity contribution is 5.77. The van der Waals surface area contributed by atoms with Crippen LogP contribution >= 0.6 is 0 Å². The van der Waals surface area contributed by atoms with Crippen molar-refractivity contribution in [3.8, 4) is 0 Å². The van der Waals surface area contributed by atoms with Crippen molar-refractivity contribution in [2.45, 2.75) is 26.2 Å². The van der Waals surface area contributed by atoms with Crippen molar-refractivity contribution in [3.63, 3.8) is 0 Å². The van der Waals surface area contributed by atoms with Crippen LogP contribution in [0.1, 0.15) is 30.4 Å². The van der Waals surface area contributed by atoms with Crippen molar-refractivity contribution in [2.75, 3.05) is 6.61 Å². The molecular weight excluding hydrogens is 188 g/mol. The second-order valence-corrected chi connectivity index (χ2v) is 4.06. The van der Waals surface area contributed by atoms with Gasteiger partial charge in [-0.1, -0.05) is 24.3 Å². The highest BCUT2D eigenvalue weighted by Gasteiger charge is 2.45. The van der Waals surface area contributed by atoms with Gasteiger partial charge in [0.15, 0.2) is 0 Å². The van der Waals surface area contributed by atoms with E-state index in [0.29, 0.717) is 12.5 Å². The van der Waals surface area contributed by atoms with Crippen LogP contribution in [0.15, 0.2) is 24.3 Å². The molecule has 2 rings (SSSR count). The summed E-state index contributed by atoms with van der Waals surface area (Å²) in [7, 11) is 0. The Hall–Kier alpha value is -1.31. The molecule has 2 nitrogen and oxygen atoms in total. The van der Waals surface area contributed by atoms with Gasteiger partial charge in [0.25, 0.3) is 0 Å². The molecule has 0 amide bonds. The molecule has 1 saturated carbocycles. The first-order valence-corrected chi connectivity index (χ1v) is 5.46. The van der Waals surface area contributed by atoms with Crippen LogP contribution < -0.4 is 0 Å². The average Bonchev–Trinajstić information content (AvgIpc) is 2.98. The minimum absolute atomic E-state index is 0.0363. The summed E-state index contributed by atoms with van der Waals surface area (Å²) in [5.41, 5.74) is 2.57. The van der Waals surface area contributed by atoms with Crippen molar-refractivity contribution in [2.24, 2.45) is 5.92 Å². The number of aryl methyl sites for hydroxylation is 1. The van der Waals surface area contributed by atoms with Crippen LogP contribution in [0.5, 0.6) is 0 Å². The van der Waals surface area contributed by atoms with Crippen molar-refractivity contribution in [3.05, 3.63) is 35.4 Å². The second kappa shape index (κ2) is 4.05. The van der Waals surface area contributed by atoms with Gasteiger partial charge in [-0.05, 0) is 37.3 Å². The summed E-state index contributed by atoms with van der Waals surface area (Å²) >= 11 is 0. The molecule has 0 spiro atoms. The van der Waals surface area contributed by atoms with E-state index in [9.17, 15) is 4.79 Å². The summed E-state index contributed by atoms with van der Waals surface area (Å²) in [5, 5.41) is 0. The molecule has 1 aromatic carbocycles. The maximum Gasteiger partial charge on any atom is 0.309 e. The molecule has 1 aromatic rings. The molecule has 0 aliphatic heterocycles. The molecule has 2 atom stereocenters. The Labute approximate surface area is 90.3 Å². The molecule has 1 fully saturated rings. The fourth-order valence-electron chi connectivity index (χ4n) is 2.05. The van der Waals surface area contributed by atoms with E-state index in [0.717, 1.165) is 6.42 Å². The third kappa shape index (κ3) is 2.04. The van der Waals surface area contributed by atoms with Gasteiger partial charge in [-0.15, -0.1) is 0 Å². The lowest BCUT2D eigenvalue weighted by Gasteiger charge is -2.04. The normalized spacial score (nSPS) is 23.6. The molecule has 0 saturated heterocycles. The molecule has 0 bridgehead atoms. The summed E-state index contributed by atoms with van der Waals surface area (Å²) in [5.74, 6) is 0.460. The van der Waals surface area contributed by atoms with Gasteiger partial charge in [0.2, 0.25) is 0 Å². The van der Waals surface area contributed by atoms with E-state index < -0.39 is 0 Å². The monoisotopic (exact) mass is 204 g/mol. The summed E-state index contributed by atoms with van der Waals surface area (Å²) in [6, 6.07) is 8.26. The second-order valence-electron chi connectivity index (χ2n) is 4.06. The highest BCUT2D eigenvalue weighted by Crippen LogP contribution is 2.49. The lowest BCUT2D eigenvalue weighted by molar-refractivity contribution is -0.144. The van der Waals surface area contributed by atoms with Crippen LogP contribution in [-0.4, -0.2) is 12.6 Å². The molecule has 1 aliphatic carbocycles. The Morgan fingerprint density at radius 2 is 2.20 bits per heavy atom. The number of hydrogen-bond donors (Lipinski definition) is 0. The topological polar surface area (TPSA) is 26.3 Å². The standard InChI is InChI=1S/C13H16O2/c1-3-15-13(14)12-8-11(12)10-7-5-4-6-9(10)2/h4-7,11-12H,3,8H2,1-2H3. The number of hydrogen-bond acceptors (Lipinski definition) is 2. The number of benzene rings is 1. The van der Waals surface area contributed by atoms with Gasteiger partial charge in [0.05, 0.1) is 12.5 Å². The van der Waals surface area contributed by atoms with Crippen LogP contribution in [0.4, 0.5) is 0 Å². The fraction of sp³-hybridized carbons (Fsp3) is 0.462. The average molecular weight is 204 g/mol. The molecule has 0 aromatic heterocycles. The predicted molar refractivity (Wildman–Crippen MR) is 58.7 cm³/mol. The quantitative estimate of drug-likeness (QED) is 0.707. The van der Waals surface area contributed by atoms with Crippen molar-refractivity contribution in [1.29, 1.82) is 0 Å². The minimum atomic E-state index is -0.0363. The van der Waals surface area contributed by atoms with Crippen LogP contribution in [0.25, 0.3) is 0 Å². The number of carbonyl (C=O) groups excluding carboxylic acids is 1. The molecule has 2 heteroatoms. The zero-order valence-electron chi connectivity index (χ0n) is 9.19. The Morgan fingerprint density at radius 1 is 1.47 bits per heavy atom. The number of rotatable bonds is 3. The van der Waals surface area contributed by atoms with Crippen LogP contribution in [0.2, 0.25) is 0 Å². The zero-order valence-corrected chi connectivity index (χ0v) is 9.19. The Bertz CT molecular complexity index is 371. The molecule has 0 heterocycles. The largest absolute Gasteiger partial charge is 0.466 e. The maximum atomic E-state index is 11.5. The smallest absolute Gasteiger partial charge is 0.309 e. The van der Waals surface area contributed by atoms with E-state index >= 15 is 0 Å². The molecule has 1 aliphatic rings. The molecule has 80 valence electrons. The number of ether oxygens (including phenoxy) is 1. The lowest BCUT2D eigenvalue weighted by Crippen LogP contribution is -2.07. The summed E-state index contributed by atoms with van der Waals surface area (Å²) < 4.78 is 5.02. The number of esters is 1. The Morgan fingerprint density at radius 3 is 2.87 bits per heavy atom. The van der Waals surface area contributed by atoms with Gasteiger partial charge in [0.1, 0.15) is 0 Å². The first-order chi connectivity index (χ1) is 7.24. The van der Waals surface area contributed by atoms with Crippen LogP contribution in [0, 0.1) is 12.8 Å². The molecule has 15 heavy (non-hydrogen) atoms. The zero-order chi connectivity index (χ0) is 10.8. The van der Waals surface area contributed by atoms with E-state index in [1.54, 1.807) is 0 Å². The van der Waals surface area contributed by atoms with Gasteiger partial charge in [-0.3, -0.25) is 4.79 Å². The molecule has 0 radical (unpaired) electrons. The lowest BCUT2D eigenvalue weighted by atomic mass is 10.0. The van der Waals surface area contributed by atoms with Gasteiger partial charge in [0, 0.05) is 0 Å². The van der Waals surface area contributed by atoms with Gasteiger partial charge in [-0.2, -0.15) is 0 Å². The fourth-order valence-corrected chi connectivity index (χ4v) is 2.05. The van der Waals surface area contributed by atoms with E-state index in [2.05, 4.69) is 19.1 Å². The minimum Gasteiger partial charge on any atom is -0.466 e. The van der Waals surface area contributed by atoms with Crippen molar-refractivity contribution < 1.29 is 9.53 Å². The van der Waals surface area contributed by atoms with Gasteiger partial charge < -0.3 is 4.74 Å². The van der Waals surface area contributed by atoms with E-state index in [1.807, 2.05) is 19.1 Å². The van der Waals surface area contributed by atoms with Crippen molar-refractivity contribution >= 4 is 5.97 Å². The van der Waals surface area contributed by atoms with E-state index in [4.69, 9.17) is 4.74 Å². The molecular formula is C13H16O2. The van der Waals surface area contributed by atoms with Crippen LogP contribution in [-0.2, 0) is 9.53 Å².